The molecule has 0 bridgehead atoms. The number of methoxy groups -OCH3 is 1. The highest BCUT2D eigenvalue weighted by atomic mass is 35.5. The molecule has 17 heavy (non-hydrogen) atoms. The lowest BCUT2D eigenvalue weighted by Crippen LogP contribution is -2.28. The quantitative estimate of drug-likeness (QED) is 0.763. The van der Waals surface area contributed by atoms with Gasteiger partial charge >= 0.3 is 0 Å². The SMILES string of the molecule is COc1ccc(C(Cl)C2(C)CCCO2)cc1C. The summed E-state index contributed by atoms with van der Waals surface area (Å²) in [6.45, 7) is 4.94. The number of hydrogen-bond acceptors (Lipinski definition) is 2. The van der Waals surface area contributed by atoms with Gasteiger partial charge in [0, 0.05) is 6.61 Å². The van der Waals surface area contributed by atoms with Crippen LogP contribution in [-0.4, -0.2) is 19.3 Å². The number of benzene rings is 1. The summed E-state index contributed by atoms with van der Waals surface area (Å²) < 4.78 is 11.0. The Kier molecular flexibility index (Phi) is 3.64. The molecule has 94 valence electrons. The lowest BCUT2D eigenvalue weighted by molar-refractivity contribution is 0.0164. The summed E-state index contributed by atoms with van der Waals surface area (Å²) >= 11 is 6.56. The Hall–Kier alpha value is -0.730. The number of aryl methyl sites for hydroxylation is 1. The third kappa shape index (κ3) is 2.43. The molecule has 2 unspecified atom stereocenters. The van der Waals surface area contributed by atoms with Crippen LogP contribution in [0.4, 0.5) is 0 Å². The molecule has 0 aromatic heterocycles. The first-order valence-corrected chi connectivity index (χ1v) is 6.43. The van der Waals surface area contributed by atoms with Gasteiger partial charge in [-0.2, -0.15) is 0 Å². The van der Waals surface area contributed by atoms with Gasteiger partial charge in [-0.25, -0.2) is 0 Å². The average molecular weight is 255 g/mol. The summed E-state index contributed by atoms with van der Waals surface area (Å²) in [4.78, 5) is 0. The molecular formula is C14H19ClO2. The van der Waals surface area contributed by atoms with Gasteiger partial charge in [0.05, 0.1) is 18.1 Å². The van der Waals surface area contributed by atoms with Gasteiger partial charge in [0.15, 0.2) is 0 Å². The third-order valence-electron chi connectivity index (χ3n) is 3.50. The average Bonchev–Trinajstić information content (AvgIpc) is 2.76. The summed E-state index contributed by atoms with van der Waals surface area (Å²) in [6, 6.07) is 6.08. The Balaban J connectivity index is 2.25. The Morgan fingerprint density at radius 2 is 2.24 bits per heavy atom. The van der Waals surface area contributed by atoms with E-state index in [9.17, 15) is 0 Å². The first kappa shape index (κ1) is 12.7. The highest BCUT2D eigenvalue weighted by molar-refractivity contribution is 6.21. The van der Waals surface area contributed by atoms with Crippen molar-refractivity contribution in [3.8, 4) is 5.75 Å². The largest absolute Gasteiger partial charge is 0.496 e. The summed E-state index contributed by atoms with van der Waals surface area (Å²) in [5.74, 6) is 0.898. The van der Waals surface area contributed by atoms with Crippen molar-refractivity contribution < 1.29 is 9.47 Å². The fourth-order valence-corrected chi connectivity index (χ4v) is 2.72. The number of rotatable bonds is 3. The van der Waals surface area contributed by atoms with Crippen LogP contribution in [-0.2, 0) is 4.74 Å². The number of ether oxygens (including phenoxy) is 2. The van der Waals surface area contributed by atoms with Crippen molar-refractivity contribution >= 4 is 11.6 Å². The minimum absolute atomic E-state index is 0.102. The first-order chi connectivity index (χ1) is 8.07. The molecule has 1 heterocycles. The van der Waals surface area contributed by atoms with Crippen LogP contribution >= 0.6 is 11.6 Å². The van der Waals surface area contributed by atoms with Crippen LogP contribution in [0.15, 0.2) is 18.2 Å². The smallest absolute Gasteiger partial charge is 0.121 e. The highest BCUT2D eigenvalue weighted by Crippen LogP contribution is 2.42. The molecule has 1 aromatic rings. The van der Waals surface area contributed by atoms with Crippen LogP contribution < -0.4 is 4.74 Å². The zero-order chi connectivity index (χ0) is 12.5. The van der Waals surface area contributed by atoms with E-state index in [2.05, 4.69) is 13.0 Å². The lowest BCUT2D eigenvalue weighted by atomic mass is 9.92. The fourth-order valence-electron chi connectivity index (χ4n) is 2.41. The Bertz CT molecular complexity index is 397. The van der Waals surface area contributed by atoms with Gasteiger partial charge in [-0.3, -0.25) is 0 Å². The monoisotopic (exact) mass is 254 g/mol. The molecule has 1 aliphatic rings. The molecule has 2 rings (SSSR count). The summed E-state index contributed by atoms with van der Waals surface area (Å²) in [5, 5.41) is -0.102. The maximum absolute atomic E-state index is 6.56. The van der Waals surface area contributed by atoms with Gasteiger partial charge < -0.3 is 9.47 Å². The van der Waals surface area contributed by atoms with Crippen LogP contribution in [0.5, 0.6) is 5.75 Å². The molecule has 0 N–H and O–H groups in total. The van der Waals surface area contributed by atoms with Gasteiger partial charge in [0.25, 0.3) is 0 Å². The van der Waals surface area contributed by atoms with E-state index in [1.807, 2.05) is 19.1 Å². The van der Waals surface area contributed by atoms with E-state index in [1.54, 1.807) is 7.11 Å². The van der Waals surface area contributed by atoms with E-state index in [4.69, 9.17) is 21.1 Å². The molecule has 3 heteroatoms. The predicted molar refractivity (Wildman–Crippen MR) is 69.9 cm³/mol. The maximum atomic E-state index is 6.56. The second kappa shape index (κ2) is 4.87. The van der Waals surface area contributed by atoms with Crippen molar-refractivity contribution in [1.82, 2.24) is 0 Å². The molecule has 2 atom stereocenters. The van der Waals surface area contributed by atoms with Crippen LogP contribution in [0.3, 0.4) is 0 Å². The van der Waals surface area contributed by atoms with Crippen molar-refractivity contribution in [3.05, 3.63) is 29.3 Å². The summed E-state index contributed by atoms with van der Waals surface area (Å²) in [6.07, 6.45) is 2.11. The van der Waals surface area contributed by atoms with E-state index in [1.165, 1.54) is 0 Å². The zero-order valence-corrected chi connectivity index (χ0v) is 11.4. The van der Waals surface area contributed by atoms with Crippen molar-refractivity contribution in [1.29, 1.82) is 0 Å². The van der Waals surface area contributed by atoms with Gasteiger partial charge in [-0.15, -0.1) is 11.6 Å². The molecule has 0 saturated carbocycles. The van der Waals surface area contributed by atoms with Gasteiger partial charge in [-0.1, -0.05) is 12.1 Å². The summed E-state index contributed by atoms with van der Waals surface area (Å²) in [5.41, 5.74) is 1.98. The number of hydrogen-bond donors (Lipinski definition) is 0. The van der Waals surface area contributed by atoms with Crippen molar-refractivity contribution in [2.75, 3.05) is 13.7 Å². The van der Waals surface area contributed by atoms with Crippen LogP contribution in [0.1, 0.15) is 36.3 Å². The van der Waals surface area contributed by atoms with Crippen LogP contribution in [0.2, 0.25) is 0 Å². The van der Waals surface area contributed by atoms with Gasteiger partial charge in [-0.05, 0) is 43.9 Å². The first-order valence-electron chi connectivity index (χ1n) is 5.99. The van der Waals surface area contributed by atoms with E-state index >= 15 is 0 Å². The second-order valence-electron chi connectivity index (χ2n) is 4.86. The fraction of sp³-hybridized carbons (Fsp3) is 0.571. The Morgan fingerprint density at radius 3 is 2.76 bits per heavy atom. The molecular weight excluding hydrogens is 236 g/mol. The molecule has 1 fully saturated rings. The molecule has 1 aliphatic heterocycles. The maximum Gasteiger partial charge on any atom is 0.121 e. The minimum atomic E-state index is -0.234. The normalized spacial score (nSPS) is 25.9. The molecule has 0 spiro atoms. The van der Waals surface area contributed by atoms with Crippen LogP contribution in [0, 0.1) is 6.92 Å². The molecule has 0 aliphatic carbocycles. The number of alkyl halides is 1. The molecule has 1 saturated heterocycles. The van der Waals surface area contributed by atoms with Crippen LogP contribution in [0.25, 0.3) is 0 Å². The standard InChI is InChI=1S/C14H19ClO2/c1-10-9-11(5-6-12(10)16-3)13(15)14(2)7-4-8-17-14/h5-6,9,13H,4,7-8H2,1-3H3. The molecule has 1 aromatic carbocycles. The number of halogens is 1. The predicted octanol–water partition coefficient (Wildman–Crippen LogP) is 3.85. The zero-order valence-electron chi connectivity index (χ0n) is 10.6. The van der Waals surface area contributed by atoms with Crippen molar-refractivity contribution in [2.24, 2.45) is 0 Å². The molecule has 0 radical (unpaired) electrons. The Labute approximate surface area is 108 Å². The van der Waals surface area contributed by atoms with Crippen molar-refractivity contribution in [2.45, 2.75) is 37.7 Å². The van der Waals surface area contributed by atoms with E-state index in [0.717, 1.165) is 36.3 Å². The topological polar surface area (TPSA) is 18.5 Å². The Morgan fingerprint density at radius 1 is 1.47 bits per heavy atom. The highest BCUT2D eigenvalue weighted by Gasteiger charge is 2.38. The van der Waals surface area contributed by atoms with Gasteiger partial charge in [0.2, 0.25) is 0 Å². The van der Waals surface area contributed by atoms with E-state index in [0.29, 0.717) is 0 Å². The van der Waals surface area contributed by atoms with Gasteiger partial charge in [0.1, 0.15) is 5.75 Å². The molecule has 0 amide bonds. The minimum Gasteiger partial charge on any atom is -0.496 e. The van der Waals surface area contributed by atoms with Crippen molar-refractivity contribution in [3.63, 3.8) is 0 Å². The summed E-state index contributed by atoms with van der Waals surface area (Å²) in [7, 11) is 1.68. The van der Waals surface area contributed by atoms with E-state index < -0.39 is 0 Å². The lowest BCUT2D eigenvalue weighted by Gasteiger charge is -2.29. The molecule has 2 nitrogen and oxygen atoms in total. The van der Waals surface area contributed by atoms with E-state index in [-0.39, 0.29) is 11.0 Å². The third-order valence-corrected chi connectivity index (χ3v) is 4.21. The second-order valence-corrected chi connectivity index (χ2v) is 5.29.